The number of benzene rings is 2. The van der Waals surface area contributed by atoms with Crippen molar-refractivity contribution in [3.05, 3.63) is 53.1 Å². The molecule has 21 heavy (non-hydrogen) atoms. The molecule has 0 radical (unpaired) electrons. The fraction of sp³-hybridized carbons (Fsp3) is 0.188. The minimum absolute atomic E-state index is 0.715. The van der Waals surface area contributed by atoms with Gasteiger partial charge in [-0.05, 0) is 72.2 Å². The Hall–Kier alpha value is -2.69. The van der Waals surface area contributed by atoms with Crippen molar-refractivity contribution in [1.29, 1.82) is 0 Å². The van der Waals surface area contributed by atoms with E-state index in [0.717, 1.165) is 22.5 Å². The number of nitrogens with zero attached hydrogens (tertiary/aromatic N) is 4. The second-order valence-electron chi connectivity index (χ2n) is 5.20. The molecule has 0 amide bonds. The van der Waals surface area contributed by atoms with Crippen LogP contribution in [0.25, 0.3) is 17.1 Å². The molecule has 0 fully saturated rings. The highest BCUT2D eigenvalue weighted by molar-refractivity contribution is 5.64. The number of anilines is 1. The molecule has 0 bridgehead atoms. The first-order chi connectivity index (χ1) is 10.1. The van der Waals surface area contributed by atoms with Gasteiger partial charge in [-0.2, -0.15) is 4.68 Å². The fourth-order valence-corrected chi connectivity index (χ4v) is 2.31. The number of tetrazole rings is 1. The topological polar surface area (TPSA) is 69.6 Å². The van der Waals surface area contributed by atoms with Crippen LogP contribution < -0.4 is 5.73 Å². The highest BCUT2D eigenvalue weighted by Gasteiger charge is 2.13. The molecule has 2 aromatic carbocycles. The third-order valence-electron chi connectivity index (χ3n) is 3.80. The smallest absolute Gasteiger partial charge is 0.187 e. The molecule has 3 aromatic rings. The maximum atomic E-state index is 5.88. The van der Waals surface area contributed by atoms with Gasteiger partial charge in [0.15, 0.2) is 5.82 Å². The van der Waals surface area contributed by atoms with Crippen LogP contribution in [0.2, 0.25) is 0 Å². The minimum atomic E-state index is 0.715. The van der Waals surface area contributed by atoms with Crippen molar-refractivity contribution in [1.82, 2.24) is 20.2 Å². The summed E-state index contributed by atoms with van der Waals surface area (Å²) >= 11 is 0. The first-order valence-electron chi connectivity index (χ1n) is 6.79. The average Bonchev–Trinajstić information content (AvgIpc) is 2.94. The van der Waals surface area contributed by atoms with E-state index in [9.17, 15) is 0 Å². The zero-order valence-corrected chi connectivity index (χ0v) is 12.3. The van der Waals surface area contributed by atoms with Crippen molar-refractivity contribution >= 4 is 5.69 Å². The van der Waals surface area contributed by atoms with Gasteiger partial charge in [-0.1, -0.05) is 12.1 Å². The second kappa shape index (κ2) is 5.01. The van der Waals surface area contributed by atoms with Gasteiger partial charge in [0, 0.05) is 11.3 Å². The lowest BCUT2D eigenvalue weighted by atomic mass is 10.1. The normalized spacial score (nSPS) is 10.8. The maximum absolute atomic E-state index is 5.88. The molecule has 0 aliphatic heterocycles. The molecule has 1 heterocycles. The Morgan fingerprint density at radius 1 is 1.00 bits per heavy atom. The van der Waals surface area contributed by atoms with Gasteiger partial charge >= 0.3 is 0 Å². The van der Waals surface area contributed by atoms with Crippen LogP contribution in [0.1, 0.15) is 16.7 Å². The van der Waals surface area contributed by atoms with Gasteiger partial charge in [-0.3, -0.25) is 0 Å². The largest absolute Gasteiger partial charge is 0.399 e. The maximum Gasteiger partial charge on any atom is 0.187 e. The fourth-order valence-electron chi connectivity index (χ4n) is 2.31. The van der Waals surface area contributed by atoms with Gasteiger partial charge in [0.05, 0.1) is 5.69 Å². The number of hydrogen-bond acceptors (Lipinski definition) is 4. The van der Waals surface area contributed by atoms with Crippen LogP contribution in [-0.4, -0.2) is 20.2 Å². The van der Waals surface area contributed by atoms with Crippen molar-refractivity contribution in [3.63, 3.8) is 0 Å². The zero-order chi connectivity index (χ0) is 15.0. The van der Waals surface area contributed by atoms with E-state index in [0.29, 0.717) is 5.82 Å². The lowest BCUT2D eigenvalue weighted by molar-refractivity contribution is 0.786. The van der Waals surface area contributed by atoms with Crippen molar-refractivity contribution in [2.75, 3.05) is 5.73 Å². The van der Waals surface area contributed by atoms with Crippen molar-refractivity contribution < 1.29 is 0 Å². The van der Waals surface area contributed by atoms with Crippen LogP contribution in [0.3, 0.4) is 0 Å². The van der Waals surface area contributed by atoms with Crippen molar-refractivity contribution in [3.8, 4) is 17.1 Å². The number of hydrogen-bond donors (Lipinski definition) is 1. The predicted octanol–water partition coefficient (Wildman–Crippen LogP) is 2.84. The van der Waals surface area contributed by atoms with Gasteiger partial charge in [-0.25, -0.2) is 0 Å². The molecule has 3 rings (SSSR count). The number of aromatic nitrogens is 4. The van der Waals surface area contributed by atoms with E-state index in [4.69, 9.17) is 5.73 Å². The Labute approximate surface area is 123 Å². The van der Waals surface area contributed by atoms with Crippen LogP contribution in [0.5, 0.6) is 0 Å². The number of nitrogens with two attached hydrogens (primary N) is 1. The summed E-state index contributed by atoms with van der Waals surface area (Å²) in [6.07, 6.45) is 0. The summed E-state index contributed by atoms with van der Waals surface area (Å²) in [6, 6.07) is 11.9. The van der Waals surface area contributed by atoms with Crippen LogP contribution in [0, 0.1) is 20.8 Å². The van der Waals surface area contributed by atoms with Crippen LogP contribution in [0.4, 0.5) is 5.69 Å². The van der Waals surface area contributed by atoms with Gasteiger partial charge in [0.1, 0.15) is 0 Å². The molecule has 0 saturated heterocycles. The molecular weight excluding hydrogens is 262 g/mol. The molecule has 0 aliphatic rings. The summed E-state index contributed by atoms with van der Waals surface area (Å²) < 4.78 is 1.77. The van der Waals surface area contributed by atoms with Crippen molar-refractivity contribution in [2.45, 2.75) is 20.8 Å². The Balaban J connectivity index is 2.17. The highest BCUT2D eigenvalue weighted by atomic mass is 15.5. The summed E-state index contributed by atoms with van der Waals surface area (Å²) in [6.45, 7) is 6.13. The third kappa shape index (κ3) is 2.27. The highest BCUT2D eigenvalue weighted by Crippen LogP contribution is 2.25. The quantitative estimate of drug-likeness (QED) is 0.732. The van der Waals surface area contributed by atoms with E-state index in [2.05, 4.69) is 35.4 Å². The Bertz CT molecular complexity index is 804. The van der Waals surface area contributed by atoms with E-state index in [1.807, 2.05) is 37.3 Å². The number of nitrogen functional groups attached to an aromatic ring is 1. The summed E-state index contributed by atoms with van der Waals surface area (Å²) in [5, 5.41) is 12.1. The standard InChI is InChI=1S/C16H17N5/c1-10-5-4-6-15(12(10)3)21-16(18-19-20-21)13-7-8-14(17)11(2)9-13/h4-9H,17H2,1-3H3. The van der Waals surface area contributed by atoms with Gasteiger partial charge in [0.2, 0.25) is 0 Å². The summed E-state index contributed by atoms with van der Waals surface area (Å²) in [5.74, 6) is 0.715. The van der Waals surface area contributed by atoms with E-state index in [-0.39, 0.29) is 0 Å². The van der Waals surface area contributed by atoms with Gasteiger partial charge < -0.3 is 5.73 Å². The SMILES string of the molecule is Cc1cc(-c2nnnn2-c2cccc(C)c2C)ccc1N. The lowest BCUT2D eigenvalue weighted by Crippen LogP contribution is -2.03. The Morgan fingerprint density at radius 2 is 1.81 bits per heavy atom. The zero-order valence-electron chi connectivity index (χ0n) is 12.3. The molecular formula is C16H17N5. The Kier molecular flexibility index (Phi) is 3.17. The first kappa shape index (κ1) is 13.3. The number of rotatable bonds is 2. The molecule has 0 saturated carbocycles. The summed E-state index contributed by atoms with van der Waals surface area (Å²) in [7, 11) is 0. The van der Waals surface area contributed by atoms with Crippen molar-refractivity contribution in [2.24, 2.45) is 0 Å². The lowest BCUT2D eigenvalue weighted by Gasteiger charge is -2.10. The first-order valence-corrected chi connectivity index (χ1v) is 6.79. The van der Waals surface area contributed by atoms with E-state index in [1.165, 1.54) is 11.1 Å². The third-order valence-corrected chi connectivity index (χ3v) is 3.80. The molecule has 0 aliphatic carbocycles. The molecule has 106 valence electrons. The van der Waals surface area contributed by atoms with E-state index < -0.39 is 0 Å². The van der Waals surface area contributed by atoms with Gasteiger partial charge in [0.25, 0.3) is 0 Å². The van der Waals surface area contributed by atoms with Crippen LogP contribution >= 0.6 is 0 Å². The van der Waals surface area contributed by atoms with Gasteiger partial charge in [-0.15, -0.1) is 5.10 Å². The molecule has 0 spiro atoms. The molecule has 2 N–H and O–H groups in total. The molecule has 5 heteroatoms. The Morgan fingerprint density at radius 3 is 2.57 bits per heavy atom. The minimum Gasteiger partial charge on any atom is -0.399 e. The average molecular weight is 279 g/mol. The van der Waals surface area contributed by atoms with E-state index in [1.54, 1.807) is 4.68 Å². The molecule has 5 nitrogen and oxygen atoms in total. The summed E-state index contributed by atoms with van der Waals surface area (Å²) in [5.41, 5.74) is 12.0. The number of aryl methyl sites for hydroxylation is 2. The molecule has 1 aromatic heterocycles. The molecule has 0 atom stereocenters. The summed E-state index contributed by atoms with van der Waals surface area (Å²) in [4.78, 5) is 0. The van der Waals surface area contributed by atoms with Crippen LogP contribution in [0.15, 0.2) is 36.4 Å². The van der Waals surface area contributed by atoms with Crippen LogP contribution in [-0.2, 0) is 0 Å². The van der Waals surface area contributed by atoms with E-state index >= 15 is 0 Å². The second-order valence-corrected chi connectivity index (χ2v) is 5.20. The predicted molar refractivity (Wildman–Crippen MR) is 83.2 cm³/mol. The monoisotopic (exact) mass is 279 g/mol. The molecule has 0 unspecified atom stereocenters.